The first kappa shape index (κ1) is 8.30. The Kier molecular flexibility index (Phi) is 3.88. The van der Waals surface area contributed by atoms with Crippen molar-refractivity contribution in [3.63, 3.8) is 0 Å². The lowest BCUT2D eigenvalue weighted by molar-refractivity contribution is 1.41. The molecule has 0 saturated heterocycles. The molecule has 0 radical (unpaired) electrons. The Hall–Kier alpha value is -0.700. The van der Waals surface area contributed by atoms with Crippen LogP contribution in [-0.4, -0.2) is 12.9 Å². The molecule has 2 N–H and O–H groups in total. The highest BCUT2D eigenvalue weighted by molar-refractivity contribution is 8.06. The standard InChI is InChI=1S/C6H10N2S/c1-4-9-5(2)6(7)8-3/h4H,1-2H2,3H3,(H2,7,8). The molecule has 0 saturated carbocycles. The number of aliphatic imine (C=N–C) groups is 1. The fourth-order valence-electron chi connectivity index (χ4n) is 0.286. The van der Waals surface area contributed by atoms with E-state index in [1.165, 1.54) is 11.8 Å². The lowest BCUT2D eigenvalue weighted by Crippen LogP contribution is -2.11. The van der Waals surface area contributed by atoms with E-state index in [2.05, 4.69) is 18.2 Å². The Morgan fingerprint density at radius 3 is 2.67 bits per heavy atom. The van der Waals surface area contributed by atoms with Crippen LogP contribution < -0.4 is 5.73 Å². The van der Waals surface area contributed by atoms with Crippen LogP contribution in [0.5, 0.6) is 0 Å². The van der Waals surface area contributed by atoms with Crippen molar-refractivity contribution >= 4 is 17.6 Å². The molecule has 0 aromatic carbocycles. The maximum atomic E-state index is 5.38. The van der Waals surface area contributed by atoms with Gasteiger partial charge in [-0.25, -0.2) is 0 Å². The van der Waals surface area contributed by atoms with Gasteiger partial charge in [0.25, 0.3) is 0 Å². The van der Waals surface area contributed by atoms with E-state index in [9.17, 15) is 0 Å². The van der Waals surface area contributed by atoms with Crippen LogP contribution in [0.15, 0.2) is 28.5 Å². The van der Waals surface area contributed by atoms with Crippen molar-refractivity contribution in [1.29, 1.82) is 0 Å². The molecule has 3 heteroatoms. The molecule has 50 valence electrons. The Morgan fingerprint density at radius 1 is 1.78 bits per heavy atom. The number of rotatable bonds is 3. The van der Waals surface area contributed by atoms with Crippen LogP contribution in [-0.2, 0) is 0 Å². The normalized spacial score (nSPS) is 11.0. The molecule has 0 fully saturated rings. The lowest BCUT2D eigenvalue weighted by Gasteiger charge is -1.96. The van der Waals surface area contributed by atoms with E-state index >= 15 is 0 Å². The molecule has 9 heavy (non-hydrogen) atoms. The minimum Gasteiger partial charge on any atom is -0.383 e. The third-order valence-corrected chi connectivity index (χ3v) is 1.41. The largest absolute Gasteiger partial charge is 0.383 e. The lowest BCUT2D eigenvalue weighted by atomic mass is 10.6. The van der Waals surface area contributed by atoms with Gasteiger partial charge in [-0.3, -0.25) is 4.99 Å². The summed E-state index contributed by atoms with van der Waals surface area (Å²) in [4.78, 5) is 4.48. The first-order valence-corrected chi connectivity index (χ1v) is 3.29. The second-order valence-electron chi connectivity index (χ2n) is 1.32. The van der Waals surface area contributed by atoms with Crippen molar-refractivity contribution in [2.45, 2.75) is 0 Å². The van der Waals surface area contributed by atoms with Gasteiger partial charge in [-0.1, -0.05) is 24.9 Å². The van der Waals surface area contributed by atoms with Gasteiger partial charge in [-0.05, 0) is 5.41 Å². The van der Waals surface area contributed by atoms with Crippen LogP contribution in [0, 0.1) is 0 Å². The molecular weight excluding hydrogens is 132 g/mol. The van der Waals surface area contributed by atoms with Crippen molar-refractivity contribution in [2.24, 2.45) is 10.7 Å². The van der Waals surface area contributed by atoms with Gasteiger partial charge in [-0.2, -0.15) is 0 Å². The zero-order valence-electron chi connectivity index (χ0n) is 5.42. The maximum absolute atomic E-state index is 5.38. The SMILES string of the molecule is C=CSC(=C)C(N)=NC. The highest BCUT2D eigenvalue weighted by Gasteiger charge is 1.93. The van der Waals surface area contributed by atoms with E-state index in [1.807, 2.05) is 0 Å². The molecule has 0 amide bonds. The molecule has 0 atom stereocenters. The summed E-state index contributed by atoms with van der Waals surface area (Å²) in [6, 6.07) is 0. The van der Waals surface area contributed by atoms with E-state index < -0.39 is 0 Å². The second kappa shape index (κ2) is 4.21. The van der Waals surface area contributed by atoms with Gasteiger partial charge >= 0.3 is 0 Å². The Morgan fingerprint density at radius 2 is 2.33 bits per heavy atom. The minimum absolute atomic E-state index is 0.472. The van der Waals surface area contributed by atoms with E-state index in [0.717, 1.165) is 4.91 Å². The van der Waals surface area contributed by atoms with E-state index in [0.29, 0.717) is 5.84 Å². The van der Waals surface area contributed by atoms with Crippen LogP contribution in [0.2, 0.25) is 0 Å². The Balaban J connectivity index is 3.88. The summed E-state index contributed by atoms with van der Waals surface area (Å²) < 4.78 is 0. The van der Waals surface area contributed by atoms with Crippen molar-refractivity contribution in [2.75, 3.05) is 7.05 Å². The number of nitrogens with two attached hydrogens (primary N) is 1. The van der Waals surface area contributed by atoms with Crippen LogP contribution in [0.1, 0.15) is 0 Å². The summed E-state index contributed by atoms with van der Waals surface area (Å²) in [5, 5.41) is 1.67. The van der Waals surface area contributed by atoms with Crippen LogP contribution in [0.3, 0.4) is 0 Å². The van der Waals surface area contributed by atoms with Crippen molar-refractivity contribution in [3.8, 4) is 0 Å². The number of thioether (sulfide) groups is 1. The molecule has 0 unspecified atom stereocenters. The summed E-state index contributed by atoms with van der Waals surface area (Å²) >= 11 is 1.38. The van der Waals surface area contributed by atoms with Crippen LogP contribution >= 0.6 is 11.8 Å². The molecule has 0 rings (SSSR count). The topological polar surface area (TPSA) is 38.4 Å². The molecule has 2 nitrogen and oxygen atoms in total. The van der Waals surface area contributed by atoms with Gasteiger partial charge in [-0.15, -0.1) is 0 Å². The first-order valence-electron chi connectivity index (χ1n) is 2.41. The fraction of sp³-hybridized carbons (Fsp3) is 0.167. The van der Waals surface area contributed by atoms with Crippen molar-refractivity contribution in [1.82, 2.24) is 0 Å². The quantitative estimate of drug-likeness (QED) is 0.477. The average molecular weight is 142 g/mol. The molecule has 0 aromatic rings. The van der Waals surface area contributed by atoms with Gasteiger partial charge < -0.3 is 5.73 Å². The minimum atomic E-state index is 0.472. The molecular formula is C6H10N2S. The van der Waals surface area contributed by atoms with Crippen LogP contribution in [0.25, 0.3) is 0 Å². The molecule has 0 heterocycles. The molecule has 0 aromatic heterocycles. The van der Waals surface area contributed by atoms with E-state index in [4.69, 9.17) is 5.73 Å². The molecule has 0 aliphatic heterocycles. The summed E-state index contributed by atoms with van der Waals surface area (Å²) in [6.45, 7) is 7.16. The first-order chi connectivity index (χ1) is 4.22. The van der Waals surface area contributed by atoms with Crippen LogP contribution in [0.4, 0.5) is 0 Å². The van der Waals surface area contributed by atoms with Crippen molar-refractivity contribution in [3.05, 3.63) is 23.5 Å². The molecule has 0 spiro atoms. The van der Waals surface area contributed by atoms with Crippen molar-refractivity contribution < 1.29 is 0 Å². The molecule has 0 aliphatic rings. The molecule has 0 aliphatic carbocycles. The summed E-state index contributed by atoms with van der Waals surface area (Å²) in [7, 11) is 1.63. The highest BCUT2D eigenvalue weighted by atomic mass is 32.2. The monoisotopic (exact) mass is 142 g/mol. The Bertz CT molecular complexity index is 149. The van der Waals surface area contributed by atoms with E-state index in [1.54, 1.807) is 12.5 Å². The highest BCUT2D eigenvalue weighted by Crippen LogP contribution is 2.12. The van der Waals surface area contributed by atoms with Gasteiger partial charge in [0.2, 0.25) is 0 Å². The predicted octanol–water partition coefficient (Wildman–Crippen LogP) is 1.36. The molecule has 0 bridgehead atoms. The van der Waals surface area contributed by atoms with Gasteiger partial charge in [0.05, 0.1) is 0 Å². The van der Waals surface area contributed by atoms with Gasteiger partial charge in [0, 0.05) is 12.0 Å². The third kappa shape index (κ3) is 2.98. The fourth-order valence-corrected chi connectivity index (χ4v) is 0.699. The van der Waals surface area contributed by atoms with Gasteiger partial charge in [0.15, 0.2) is 0 Å². The number of nitrogens with zero attached hydrogens (tertiary/aromatic N) is 1. The summed E-state index contributed by atoms with van der Waals surface area (Å²) in [6.07, 6.45) is 0. The second-order valence-corrected chi connectivity index (χ2v) is 2.38. The smallest absolute Gasteiger partial charge is 0.131 e. The summed E-state index contributed by atoms with van der Waals surface area (Å²) in [5.41, 5.74) is 5.38. The third-order valence-electron chi connectivity index (χ3n) is 0.752. The summed E-state index contributed by atoms with van der Waals surface area (Å²) in [5.74, 6) is 0.472. The maximum Gasteiger partial charge on any atom is 0.131 e. The number of hydrogen-bond acceptors (Lipinski definition) is 2. The van der Waals surface area contributed by atoms with Gasteiger partial charge in [0.1, 0.15) is 5.84 Å². The number of hydrogen-bond donors (Lipinski definition) is 1. The Labute approximate surface area is 59.5 Å². The zero-order chi connectivity index (χ0) is 7.28. The number of amidine groups is 1. The van der Waals surface area contributed by atoms with E-state index in [-0.39, 0.29) is 0 Å². The predicted molar refractivity (Wildman–Crippen MR) is 44.5 cm³/mol. The average Bonchev–Trinajstić information content (AvgIpc) is 1.87. The zero-order valence-corrected chi connectivity index (χ0v) is 6.24.